The molecule has 18 heteroatoms. The van der Waals surface area contributed by atoms with Crippen LogP contribution in [-0.4, -0.2) is 85.2 Å². The van der Waals surface area contributed by atoms with Crippen LogP contribution in [0.5, 0.6) is 0 Å². The maximum absolute atomic E-state index is 12.0. The fourth-order valence-corrected chi connectivity index (χ4v) is 4.91. The molecule has 6 N–H and O–H groups in total. The highest BCUT2D eigenvalue weighted by Crippen LogP contribution is 2.31. The van der Waals surface area contributed by atoms with E-state index >= 15 is 0 Å². The van der Waals surface area contributed by atoms with Gasteiger partial charge in [0.15, 0.2) is 0 Å². The average molecular weight is 640 g/mol. The number of hydrogen-bond acceptors (Lipinski definition) is 13. The Hall–Kier alpha value is -4.19. The molecule has 0 spiro atoms. The highest BCUT2D eigenvalue weighted by molar-refractivity contribution is 5.85. The van der Waals surface area contributed by atoms with E-state index in [2.05, 4.69) is 31.1 Å². The smallest absolute Gasteiger partial charge is 0.434 e. The molecule has 0 aliphatic carbocycles. The number of rotatable bonds is 3. The van der Waals surface area contributed by atoms with Crippen LogP contribution >= 0.6 is 0 Å². The van der Waals surface area contributed by atoms with E-state index in [1.807, 2.05) is 20.8 Å². The highest BCUT2D eigenvalue weighted by Gasteiger charge is 2.37. The van der Waals surface area contributed by atoms with Gasteiger partial charge in [-0.05, 0) is 86.6 Å². The van der Waals surface area contributed by atoms with Crippen LogP contribution in [0, 0.1) is 0 Å². The fourth-order valence-electron chi connectivity index (χ4n) is 4.91. The molecule has 0 aromatic carbocycles. The van der Waals surface area contributed by atoms with Gasteiger partial charge in [0.05, 0.1) is 6.04 Å². The summed E-state index contributed by atoms with van der Waals surface area (Å²) >= 11 is 0. The lowest BCUT2D eigenvalue weighted by molar-refractivity contribution is -0.125. The number of carbonyl (C=O) groups is 3. The molecule has 0 radical (unpaired) electrons. The minimum Gasteiger partial charge on any atom is -0.444 e. The number of nitrogens with one attached hydrogen (secondary N) is 4. The zero-order valence-electron chi connectivity index (χ0n) is 26.6. The summed E-state index contributed by atoms with van der Waals surface area (Å²) in [6.07, 6.45) is 4.21. The molecule has 45 heavy (non-hydrogen) atoms. The van der Waals surface area contributed by atoms with Crippen molar-refractivity contribution in [2.75, 3.05) is 19.6 Å². The SMILES string of the molecule is CC(C)(C)OC(=O)N1CCC[C@H]1C(=O)NN.CC(C)(C)OC(=O)N1CCC[C@H]1c1n[nH]c(=O)o1.O=c1[nH]nc([C@@H]2CCCN2)o1. The van der Waals surface area contributed by atoms with E-state index in [0.717, 1.165) is 32.2 Å². The van der Waals surface area contributed by atoms with Gasteiger partial charge in [-0.25, -0.2) is 35.2 Å². The van der Waals surface area contributed by atoms with E-state index in [9.17, 15) is 24.0 Å². The van der Waals surface area contributed by atoms with Crippen molar-refractivity contribution < 1.29 is 32.7 Å². The van der Waals surface area contributed by atoms with Crippen molar-refractivity contribution in [3.8, 4) is 0 Å². The minimum atomic E-state index is -0.610. The molecule has 252 valence electrons. The van der Waals surface area contributed by atoms with E-state index < -0.39 is 40.9 Å². The molecule has 18 nitrogen and oxygen atoms in total. The second kappa shape index (κ2) is 15.2. The third-order valence-electron chi connectivity index (χ3n) is 6.76. The molecule has 3 aliphatic heterocycles. The van der Waals surface area contributed by atoms with Gasteiger partial charge >= 0.3 is 23.7 Å². The zero-order chi connectivity index (χ0) is 33.4. The van der Waals surface area contributed by atoms with Crippen molar-refractivity contribution >= 4 is 18.1 Å². The summed E-state index contributed by atoms with van der Waals surface area (Å²) in [5.74, 6) is 4.35. The first-order chi connectivity index (χ1) is 21.1. The molecule has 5 heterocycles. The van der Waals surface area contributed by atoms with Gasteiger partial charge in [-0.2, -0.15) is 0 Å². The first-order valence-electron chi connectivity index (χ1n) is 14.9. The molecule has 0 bridgehead atoms. The van der Waals surface area contributed by atoms with Gasteiger partial charge in [-0.1, -0.05) is 0 Å². The number of aromatic amines is 2. The first kappa shape index (κ1) is 35.3. The molecule has 0 saturated carbocycles. The lowest BCUT2D eigenvalue weighted by atomic mass is 10.2. The number of nitrogens with zero attached hydrogens (tertiary/aromatic N) is 4. The van der Waals surface area contributed by atoms with Crippen LogP contribution < -0.4 is 28.1 Å². The normalized spacial score (nSPS) is 21.4. The zero-order valence-corrected chi connectivity index (χ0v) is 26.6. The van der Waals surface area contributed by atoms with Gasteiger partial charge in [0.2, 0.25) is 11.8 Å². The summed E-state index contributed by atoms with van der Waals surface area (Å²) in [5, 5.41) is 15.1. The van der Waals surface area contributed by atoms with E-state index in [1.54, 1.807) is 25.7 Å². The Kier molecular flexibility index (Phi) is 11.9. The predicted molar refractivity (Wildman–Crippen MR) is 157 cm³/mol. The second-order valence-corrected chi connectivity index (χ2v) is 12.7. The number of amides is 3. The van der Waals surface area contributed by atoms with Gasteiger partial charge in [-0.15, -0.1) is 10.2 Å². The third-order valence-corrected chi connectivity index (χ3v) is 6.76. The van der Waals surface area contributed by atoms with E-state index in [0.29, 0.717) is 31.8 Å². The third kappa shape index (κ3) is 10.7. The van der Waals surface area contributed by atoms with Gasteiger partial charge in [-0.3, -0.25) is 20.0 Å². The fraction of sp³-hybridized carbons (Fsp3) is 0.741. The van der Waals surface area contributed by atoms with E-state index in [4.69, 9.17) is 24.2 Å². The number of aromatic nitrogens is 4. The molecular weight excluding hydrogens is 594 g/mol. The van der Waals surface area contributed by atoms with Crippen molar-refractivity contribution in [1.29, 1.82) is 0 Å². The molecule has 3 fully saturated rings. The second-order valence-electron chi connectivity index (χ2n) is 12.7. The molecular formula is C27H45N9O9. The van der Waals surface area contributed by atoms with Crippen molar-refractivity contribution in [2.45, 2.75) is 109 Å². The molecule has 3 aliphatic rings. The van der Waals surface area contributed by atoms with Crippen LogP contribution in [0.4, 0.5) is 9.59 Å². The van der Waals surface area contributed by atoms with Crippen molar-refractivity contribution in [3.63, 3.8) is 0 Å². The Labute approximate surface area is 259 Å². The molecule has 5 rings (SSSR count). The summed E-state index contributed by atoms with van der Waals surface area (Å²) < 4.78 is 20.2. The topological polar surface area (TPSA) is 244 Å². The average Bonchev–Trinajstić information content (AvgIpc) is 3.76. The van der Waals surface area contributed by atoms with Gasteiger partial charge < -0.3 is 23.6 Å². The standard InChI is InChI=1S/C11H17N3O4.C10H19N3O3.C6H9N3O2/c1-11(2,3)18-10(16)14-6-4-5-7(14)8-12-13-9(15)17-8;1-10(2,3)16-9(15)13-6-4-5-7(13)8(14)12-11;10-6-9-8-5(11-6)4-2-1-3-7-4/h7H,4-6H2,1-3H3,(H,13,15);7H,4-6,11H2,1-3H3,(H,12,14);4,7H,1-3H2,(H,9,10)/t2*7-;4-/m000/s1. The lowest BCUT2D eigenvalue weighted by Crippen LogP contribution is -2.49. The molecule has 0 unspecified atom stereocenters. The van der Waals surface area contributed by atoms with Gasteiger partial charge in [0.1, 0.15) is 23.3 Å². The Morgan fingerprint density at radius 1 is 0.822 bits per heavy atom. The van der Waals surface area contributed by atoms with Crippen LogP contribution in [-0.2, 0) is 14.3 Å². The van der Waals surface area contributed by atoms with Crippen molar-refractivity contribution in [2.24, 2.45) is 5.84 Å². The van der Waals surface area contributed by atoms with Crippen LogP contribution in [0.1, 0.15) is 104 Å². The van der Waals surface area contributed by atoms with E-state index in [1.165, 1.54) is 4.90 Å². The largest absolute Gasteiger partial charge is 0.444 e. The maximum atomic E-state index is 12.0. The number of hydrazine groups is 1. The monoisotopic (exact) mass is 639 g/mol. The number of ether oxygens (including phenoxy) is 2. The molecule has 3 saturated heterocycles. The first-order valence-corrected chi connectivity index (χ1v) is 14.9. The Morgan fingerprint density at radius 2 is 1.36 bits per heavy atom. The van der Waals surface area contributed by atoms with Gasteiger partial charge in [0, 0.05) is 13.1 Å². The van der Waals surface area contributed by atoms with E-state index in [-0.39, 0.29) is 23.9 Å². The number of hydrogen-bond donors (Lipinski definition) is 5. The molecule has 3 atom stereocenters. The Bertz CT molecular complexity index is 1380. The summed E-state index contributed by atoms with van der Waals surface area (Å²) in [7, 11) is 0. The summed E-state index contributed by atoms with van der Waals surface area (Å²) in [5.41, 5.74) is 0.969. The number of likely N-dealkylation sites (tertiary alicyclic amines) is 2. The summed E-state index contributed by atoms with van der Waals surface area (Å²) in [6.45, 7) is 12.9. The lowest BCUT2D eigenvalue weighted by Gasteiger charge is -2.27. The number of carbonyl (C=O) groups excluding carboxylic acids is 3. The molecule has 2 aromatic rings. The van der Waals surface area contributed by atoms with Crippen LogP contribution in [0.2, 0.25) is 0 Å². The summed E-state index contributed by atoms with van der Waals surface area (Å²) in [6, 6.07) is -0.687. The van der Waals surface area contributed by atoms with Crippen LogP contribution in [0.3, 0.4) is 0 Å². The quantitative estimate of drug-likeness (QED) is 0.182. The molecule has 3 amide bonds. The van der Waals surface area contributed by atoms with Gasteiger partial charge in [0.25, 0.3) is 5.91 Å². The minimum absolute atomic E-state index is 0.133. The van der Waals surface area contributed by atoms with Crippen molar-refractivity contribution in [1.82, 2.24) is 40.9 Å². The van der Waals surface area contributed by atoms with Crippen molar-refractivity contribution in [3.05, 3.63) is 32.9 Å². The van der Waals surface area contributed by atoms with Crippen LogP contribution in [0.25, 0.3) is 0 Å². The highest BCUT2D eigenvalue weighted by atomic mass is 16.6. The number of nitrogens with two attached hydrogens (primary N) is 1. The number of H-pyrrole nitrogens is 2. The maximum Gasteiger partial charge on any atom is 0.434 e. The molecule has 2 aromatic heterocycles. The summed E-state index contributed by atoms with van der Waals surface area (Å²) in [4.78, 5) is 59.6. The Balaban J connectivity index is 0.000000189. The predicted octanol–water partition coefficient (Wildman–Crippen LogP) is 1.60. The Morgan fingerprint density at radius 3 is 1.84 bits per heavy atom. The van der Waals surface area contributed by atoms with Crippen LogP contribution in [0.15, 0.2) is 18.4 Å².